The number of alkyl halides is 2. The lowest BCUT2D eigenvalue weighted by Gasteiger charge is -2.35. The van der Waals surface area contributed by atoms with Crippen LogP contribution in [0.1, 0.15) is 222 Å². The number of hydrogen-bond acceptors (Lipinski definition) is 30. The lowest BCUT2D eigenvalue weighted by Crippen LogP contribution is -2.58. The summed E-state index contributed by atoms with van der Waals surface area (Å²) in [6.07, 6.45) is 26.3. The molecule has 4 aliphatic heterocycles. The molecule has 12 atom stereocenters. The molecule has 2 unspecified atom stereocenters. The summed E-state index contributed by atoms with van der Waals surface area (Å²) in [6.45, 7) is 11.8. The molecular weight excluding hydrogens is 2100 g/mol. The predicted octanol–water partition coefficient (Wildman–Crippen LogP) is 13.1. The normalized spacial score (nSPS) is 19.5. The highest BCUT2D eigenvalue weighted by atomic mass is 79.9. The van der Waals surface area contributed by atoms with E-state index in [0.29, 0.717) is 120 Å². The monoisotopic (exact) mass is 2240 g/mol. The lowest BCUT2D eigenvalue weighted by molar-refractivity contribution is -0.142. The fourth-order valence-corrected chi connectivity index (χ4v) is 22.5. The molecule has 0 radical (unpaired) electrons. The van der Waals surface area contributed by atoms with Gasteiger partial charge < -0.3 is 93.6 Å². The van der Waals surface area contributed by atoms with Gasteiger partial charge >= 0.3 is 5.97 Å². The number of aliphatic carboxylic acids is 1. The number of carbonyl (C=O) groups is 12. The molecule has 44 heteroatoms. The van der Waals surface area contributed by atoms with Gasteiger partial charge in [-0.15, -0.1) is 20.4 Å². The quantitative estimate of drug-likeness (QED) is 0.0167. The van der Waals surface area contributed by atoms with E-state index in [1.165, 1.54) is 30.8 Å². The Balaban J connectivity index is 0.000000196. The lowest BCUT2D eigenvalue weighted by atomic mass is 9.80. The number of aromatic nitrogens is 8. The highest BCUT2D eigenvalue weighted by Crippen LogP contribution is 2.40. The second kappa shape index (κ2) is 62.3. The first-order valence-corrected chi connectivity index (χ1v) is 56.5. The molecule has 4 aromatic carbocycles. The summed E-state index contributed by atoms with van der Waals surface area (Å²) in [5, 5.41) is 79.6. The average molecular weight is 2250 g/mol. The van der Waals surface area contributed by atoms with Crippen molar-refractivity contribution < 1.29 is 78.0 Å². The topological polar surface area (TPSA) is 536 Å². The Morgan fingerprint density at radius 3 is 0.811 bits per heavy atom. The summed E-state index contributed by atoms with van der Waals surface area (Å²) in [7, 11) is 0. The first-order valence-electron chi connectivity index (χ1n) is 51.5. The molecule has 4 saturated carbocycles. The van der Waals surface area contributed by atoms with Gasteiger partial charge in [0.05, 0.1) is 36.7 Å². The van der Waals surface area contributed by atoms with Gasteiger partial charge in [-0.3, -0.25) is 57.5 Å². The molecule has 8 aromatic rings. The number of nitrogens with one attached hydrogen (secondary N) is 9. The van der Waals surface area contributed by atoms with Crippen molar-refractivity contribution >= 4 is 169 Å². The molecule has 8 fully saturated rings. The number of anilines is 4. The molecule has 0 spiro atoms. The predicted molar refractivity (Wildman–Crippen MR) is 582 cm³/mol. The standard InChI is InChI=1S/2C26H36N6O4S.C24H30BrN5O3S.C22H28N4O2S.C3H5BrO2.C2H7NO.CH4/c2*1-17(27-14-16-33)23(34)28-22(19-11-6-3-7-12-19)26(36)32-15-8-13-20(32)24(35)29-25-21(30-31-37-25)18-9-4-2-5-10-18;1-15(25)21(31)26-20(17-11-6-3-7-12-17)24(33)30-14-8-13-18(30)22(32)27-23-19(28-29-34-23)16-9-4-2-5-10-16;1-15(16-9-4-2-5-10-16)22(28)26-14-8-13-18(26)20(27)23-21-19(24-25-29-21)17-11-6-3-7-12-17;1-2(4)3(5)6;3-1-2-4;/h2*2,4-5,9-10,17,19-20,22,27,33H,3,6-8,11-16H2,1H3,(H,28,34)(H,29,35);2,4-5,9-10,15,17-18,20H,3,6-8,11-14H2,1H3,(H,26,31)(H,27,32);3,6-7,11-12,15-16,18H,2,4-5,8-10,13-14H2,1H3,(H,23,27);2H,1H3,(H,5,6);4H,1-3H2;1H4/t17-,20+,22+;17-,20-,22-;15?,18-,20-;15-,18-;;;/m1000.../s1. The van der Waals surface area contributed by atoms with E-state index in [2.05, 4.69) is 118 Å². The number of likely N-dealkylation sites (tertiary alicyclic amines) is 4. The van der Waals surface area contributed by atoms with Crippen molar-refractivity contribution in [1.82, 2.24) is 84.5 Å². The van der Waals surface area contributed by atoms with Crippen LogP contribution < -0.4 is 53.6 Å². The number of rotatable bonds is 34. The van der Waals surface area contributed by atoms with Crippen molar-refractivity contribution in [3.63, 3.8) is 0 Å². The van der Waals surface area contributed by atoms with Crippen LogP contribution >= 0.6 is 78.0 Å². The minimum absolute atomic E-state index is 0. The molecule has 0 bridgehead atoms. The van der Waals surface area contributed by atoms with Gasteiger partial charge in [-0.2, -0.15) is 0 Å². The van der Waals surface area contributed by atoms with Crippen molar-refractivity contribution in [2.45, 2.75) is 286 Å². The molecule has 806 valence electrons. The highest BCUT2D eigenvalue weighted by molar-refractivity contribution is 9.10. The van der Waals surface area contributed by atoms with E-state index in [4.69, 9.17) is 26.2 Å². The van der Waals surface area contributed by atoms with E-state index < -0.39 is 65.2 Å². The smallest absolute Gasteiger partial charge is 0.316 e. The number of halogens is 2. The van der Waals surface area contributed by atoms with Crippen LogP contribution in [0.25, 0.3) is 45.0 Å². The summed E-state index contributed by atoms with van der Waals surface area (Å²) >= 11 is 10.7. The molecule has 8 aliphatic rings. The Morgan fingerprint density at radius 2 is 0.581 bits per heavy atom. The van der Waals surface area contributed by atoms with Crippen LogP contribution in [0.4, 0.5) is 20.0 Å². The first-order chi connectivity index (χ1) is 71.1. The van der Waals surface area contributed by atoms with Gasteiger partial charge in [0, 0.05) is 120 Å². The summed E-state index contributed by atoms with van der Waals surface area (Å²) in [4.78, 5) is 162. The van der Waals surface area contributed by atoms with Gasteiger partial charge in [-0.1, -0.05) is 263 Å². The number of nitrogens with two attached hydrogens (primary N) is 1. The van der Waals surface area contributed by atoms with Crippen LogP contribution in [0.5, 0.6) is 0 Å². The Bertz CT molecular complexity index is 5310. The molecule has 4 saturated heterocycles. The third-order valence-electron chi connectivity index (χ3n) is 28.0. The number of carbonyl (C=O) groups excluding carboxylic acids is 11. The Labute approximate surface area is 899 Å². The Hall–Kier alpha value is -10.5. The Morgan fingerprint density at radius 1 is 0.345 bits per heavy atom. The molecule has 148 heavy (non-hydrogen) atoms. The van der Waals surface area contributed by atoms with E-state index >= 15 is 0 Å². The number of nitrogens with zero attached hydrogens (tertiary/aromatic N) is 12. The number of carboxylic acids is 1. The fraction of sp³-hybridized carbons (Fsp3) is 0.577. The van der Waals surface area contributed by atoms with Crippen molar-refractivity contribution in [2.24, 2.45) is 35.3 Å². The van der Waals surface area contributed by atoms with Gasteiger partial charge in [-0.05, 0) is 154 Å². The summed E-state index contributed by atoms with van der Waals surface area (Å²) < 4.78 is 16.1. The molecule has 4 aromatic heterocycles. The van der Waals surface area contributed by atoms with Crippen molar-refractivity contribution in [3.8, 4) is 45.0 Å². The van der Waals surface area contributed by atoms with Crippen molar-refractivity contribution in [1.29, 1.82) is 0 Å². The van der Waals surface area contributed by atoms with Crippen molar-refractivity contribution in [2.75, 3.05) is 86.9 Å². The average Bonchev–Trinajstić information content (AvgIpc) is 1.64. The summed E-state index contributed by atoms with van der Waals surface area (Å²) in [6, 6.07) is 33.1. The second-order valence-electron chi connectivity index (χ2n) is 38.2. The molecule has 16 rings (SSSR count). The summed E-state index contributed by atoms with van der Waals surface area (Å²) in [5.41, 5.74) is 10.8. The highest BCUT2D eigenvalue weighted by Gasteiger charge is 2.47. The second-order valence-corrected chi connectivity index (χ2v) is 44.0. The first kappa shape index (κ1) is 119. The maximum atomic E-state index is 13.9. The number of aliphatic hydroxyl groups excluding tert-OH is 3. The van der Waals surface area contributed by atoms with Crippen LogP contribution in [0, 0.1) is 29.6 Å². The number of hydrogen-bond donors (Lipinski definition) is 14. The zero-order valence-electron chi connectivity index (χ0n) is 84.2. The Kier molecular flexibility index (Phi) is 50.3. The van der Waals surface area contributed by atoms with E-state index in [9.17, 15) is 57.5 Å². The van der Waals surface area contributed by atoms with Crippen LogP contribution in [-0.4, -0.2) is 279 Å². The van der Waals surface area contributed by atoms with E-state index in [1.807, 2.05) is 133 Å². The van der Waals surface area contributed by atoms with E-state index in [0.717, 1.165) is 192 Å². The SMILES string of the molecule is C.CC(Br)C(=O)N[C@H](C(=O)N1CCC[C@H]1C(=O)Nc1snnc1-c1ccccc1)C1CCCCC1.CC(Br)C(=O)O.C[C@@H](NCCO)C(=O)N[C@H](C(=O)N1CCC[C@H]1C(=O)Nc1snnc1-c1ccccc1)C1CCCCC1.C[C@H](C(=O)N1CCC[C@H]1C(=O)Nc1snnc1-c1ccccc1)C1CCCCC1.C[C@H](NCCO)C(=O)N[C@H](C(=O)N1CCC[C@H]1C(=O)Nc1snnc1-c1ccccc1)C1CCCCC1.NCCO. The van der Waals surface area contributed by atoms with Crippen LogP contribution in [0.3, 0.4) is 0 Å². The largest absolute Gasteiger partial charge is 0.480 e. The van der Waals surface area contributed by atoms with Gasteiger partial charge in [0.1, 0.15) is 89.9 Å². The molecule has 4 aliphatic carbocycles. The van der Waals surface area contributed by atoms with Gasteiger partial charge in [0.2, 0.25) is 65.0 Å². The van der Waals surface area contributed by atoms with Crippen molar-refractivity contribution in [3.05, 3.63) is 121 Å². The number of benzene rings is 4. The maximum Gasteiger partial charge on any atom is 0.316 e. The van der Waals surface area contributed by atoms with Gasteiger partial charge in [0.15, 0.2) is 0 Å². The minimum atomic E-state index is -0.824. The van der Waals surface area contributed by atoms with Gasteiger partial charge in [-0.25, -0.2) is 0 Å². The molecule has 38 nitrogen and oxygen atoms in total. The molecule has 15 N–H and O–H groups in total. The fourth-order valence-electron chi connectivity index (χ4n) is 20.0. The van der Waals surface area contributed by atoms with E-state index in [-0.39, 0.29) is 121 Å². The molecule has 8 heterocycles. The van der Waals surface area contributed by atoms with Crippen LogP contribution in [0.2, 0.25) is 0 Å². The number of carboxylic acid groups (broad SMARTS) is 1. The zero-order valence-corrected chi connectivity index (χ0v) is 90.6. The number of aliphatic hydroxyl groups is 3. The zero-order chi connectivity index (χ0) is 105. The summed E-state index contributed by atoms with van der Waals surface area (Å²) in [5.74, 6) is -2.27. The van der Waals surface area contributed by atoms with Crippen LogP contribution in [0.15, 0.2) is 121 Å². The molecule has 11 amide bonds. The third-order valence-corrected chi connectivity index (χ3v) is 31.4. The maximum absolute atomic E-state index is 13.9. The third kappa shape index (κ3) is 34.5. The molecular formula is C104H146Br2N22O16S4. The van der Waals surface area contributed by atoms with Gasteiger partial charge in [0.25, 0.3) is 0 Å². The van der Waals surface area contributed by atoms with E-state index in [1.54, 1.807) is 42.4 Å². The minimum Gasteiger partial charge on any atom is -0.480 e. The van der Waals surface area contributed by atoms with Crippen LogP contribution in [-0.2, 0) is 57.5 Å². The number of amides is 11.